The summed E-state index contributed by atoms with van der Waals surface area (Å²) in [6.45, 7) is 3.84. The Morgan fingerprint density at radius 2 is 2.25 bits per heavy atom. The molecular weight excluding hydrogens is 156 g/mol. The lowest BCUT2D eigenvalue weighted by Gasteiger charge is -2.03. The number of hydrogen-bond donors (Lipinski definition) is 0. The summed E-state index contributed by atoms with van der Waals surface area (Å²) in [4.78, 5) is 13.8. The zero-order valence-electron chi connectivity index (χ0n) is 7.02. The topological polar surface area (TPSA) is 56.0 Å². The number of pyridine rings is 1. The highest BCUT2D eigenvalue weighted by Crippen LogP contribution is 2.23. The molecule has 0 atom stereocenters. The van der Waals surface area contributed by atoms with Gasteiger partial charge >= 0.3 is 0 Å². The van der Waals surface area contributed by atoms with E-state index in [1.54, 1.807) is 12.3 Å². The fraction of sp³-hybridized carbons (Fsp3) is 0.375. The minimum atomic E-state index is -0.400. The van der Waals surface area contributed by atoms with E-state index in [-0.39, 0.29) is 11.6 Å². The molecule has 0 N–H and O–H groups in total. The quantitative estimate of drug-likeness (QED) is 0.499. The van der Waals surface area contributed by atoms with Crippen molar-refractivity contribution in [2.75, 3.05) is 0 Å². The van der Waals surface area contributed by atoms with E-state index in [0.29, 0.717) is 0 Å². The van der Waals surface area contributed by atoms with Crippen LogP contribution in [-0.2, 0) is 0 Å². The molecule has 0 bridgehead atoms. The van der Waals surface area contributed by atoms with Crippen molar-refractivity contribution in [3.05, 3.63) is 34.1 Å². The molecular formula is C8H10N2O2. The highest BCUT2D eigenvalue weighted by molar-refractivity contribution is 5.38. The van der Waals surface area contributed by atoms with Gasteiger partial charge in [-0.05, 0) is 12.0 Å². The minimum Gasteiger partial charge on any atom is -0.258 e. The number of rotatable bonds is 2. The van der Waals surface area contributed by atoms with Gasteiger partial charge in [0.2, 0.25) is 0 Å². The molecule has 0 radical (unpaired) electrons. The molecule has 0 aliphatic rings. The van der Waals surface area contributed by atoms with Crippen molar-refractivity contribution in [2.45, 2.75) is 19.8 Å². The molecule has 12 heavy (non-hydrogen) atoms. The third-order valence-electron chi connectivity index (χ3n) is 1.65. The molecule has 4 nitrogen and oxygen atoms in total. The van der Waals surface area contributed by atoms with E-state index in [0.717, 1.165) is 5.56 Å². The number of nitrogens with zero attached hydrogens (tertiary/aromatic N) is 2. The maximum absolute atomic E-state index is 10.5. The lowest BCUT2D eigenvalue weighted by molar-refractivity contribution is -0.386. The van der Waals surface area contributed by atoms with Crippen LogP contribution in [0.15, 0.2) is 18.5 Å². The van der Waals surface area contributed by atoms with E-state index in [4.69, 9.17) is 0 Å². The highest BCUT2D eigenvalue weighted by atomic mass is 16.6. The van der Waals surface area contributed by atoms with Crippen LogP contribution in [-0.4, -0.2) is 9.91 Å². The zero-order valence-corrected chi connectivity index (χ0v) is 7.02. The van der Waals surface area contributed by atoms with Gasteiger partial charge in [-0.2, -0.15) is 0 Å². The third-order valence-corrected chi connectivity index (χ3v) is 1.65. The lowest BCUT2D eigenvalue weighted by atomic mass is 10.0. The standard InChI is InChI=1S/C8H10N2O2/c1-6(2)7-3-4-9-5-8(7)10(11)12/h3-6H,1-2H3. The highest BCUT2D eigenvalue weighted by Gasteiger charge is 2.14. The van der Waals surface area contributed by atoms with Gasteiger partial charge in [-0.25, -0.2) is 0 Å². The second kappa shape index (κ2) is 3.30. The smallest absolute Gasteiger partial charge is 0.258 e. The van der Waals surface area contributed by atoms with Crippen LogP contribution >= 0.6 is 0 Å². The summed E-state index contributed by atoms with van der Waals surface area (Å²) in [5.41, 5.74) is 0.836. The second-order valence-corrected chi connectivity index (χ2v) is 2.85. The predicted molar refractivity (Wildman–Crippen MR) is 45.0 cm³/mol. The minimum absolute atomic E-state index is 0.104. The summed E-state index contributed by atoms with van der Waals surface area (Å²) in [5, 5.41) is 10.5. The molecule has 1 heterocycles. The van der Waals surface area contributed by atoms with Gasteiger partial charge in [0.05, 0.1) is 4.92 Å². The Hall–Kier alpha value is -1.45. The fourth-order valence-corrected chi connectivity index (χ4v) is 1.04. The predicted octanol–water partition coefficient (Wildman–Crippen LogP) is 2.11. The fourth-order valence-electron chi connectivity index (χ4n) is 1.04. The SMILES string of the molecule is CC(C)c1ccncc1[N+](=O)[O-]. The average Bonchev–Trinajstić information content (AvgIpc) is 2.04. The van der Waals surface area contributed by atoms with E-state index in [2.05, 4.69) is 4.98 Å². The van der Waals surface area contributed by atoms with Gasteiger partial charge in [0.15, 0.2) is 0 Å². The monoisotopic (exact) mass is 166 g/mol. The molecule has 4 heteroatoms. The Morgan fingerprint density at radius 1 is 1.58 bits per heavy atom. The number of aromatic nitrogens is 1. The van der Waals surface area contributed by atoms with Crippen molar-refractivity contribution in [3.63, 3.8) is 0 Å². The first kappa shape index (κ1) is 8.64. The van der Waals surface area contributed by atoms with Gasteiger partial charge in [0, 0.05) is 11.8 Å². The van der Waals surface area contributed by atoms with Crippen molar-refractivity contribution in [1.29, 1.82) is 0 Å². The molecule has 0 fully saturated rings. The Morgan fingerprint density at radius 3 is 2.67 bits per heavy atom. The van der Waals surface area contributed by atoms with Crippen LogP contribution in [0.2, 0.25) is 0 Å². The Bertz CT molecular complexity index is 297. The molecule has 0 aromatic carbocycles. The Balaban J connectivity index is 3.17. The molecule has 0 saturated heterocycles. The van der Waals surface area contributed by atoms with Crippen LogP contribution in [0.4, 0.5) is 5.69 Å². The maximum Gasteiger partial charge on any atom is 0.290 e. The lowest BCUT2D eigenvalue weighted by Crippen LogP contribution is -1.97. The molecule has 1 aromatic heterocycles. The van der Waals surface area contributed by atoms with E-state index in [1.807, 2.05) is 13.8 Å². The van der Waals surface area contributed by atoms with Crippen molar-refractivity contribution in [1.82, 2.24) is 4.98 Å². The summed E-state index contributed by atoms with van der Waals surface area (Å²) in [7, 11) is 0. The van der Waals surface area contributed by atoms with Gasteiger partial charge in [-0.15, -0.1) is 0 Å². The van der Waals surface area contributed by atoms with Crippen molar-refractivity contribution in [3.8, 4) is 0 Å². The van der Waals surface area contributed by atoms with Crippen LogP contribution in [0.5, 0.6) is 0 Å². The number of hydrogen-bond acceptors (Lipinski definition) is 3. The van der Waals surface area contributed by atoms with Crippen LogP contribution in [0.25, 0.3) is 0 Å². The Kier molecular flexibility index (Phi) is 2.38. The largest absolute Gasteiger partial charge is 0.290 e. The molecule has 0 aliphatic carbocycles. The van der Waals surface area contributed by atoms with Gasteiger partial charge in [0.25, 0.3) is 5.69 Å². The summed E-state index contributed by atoms with van der Waals surface area (Å²) in [6, 6.07) is 1.68. The Labute approximate surface area is 70.4 Å². The van der Waals surface area contributed by atoms with Gasteiger partial charge in [-0.3, -0.25) is 15.1 Å². The van der Waals surface area contributed by atoms with Crippen molar-refractivity contribution >= 4 is 5.69 Å². The molecule has 1 rings (SSSR count). The third kappa shape index (κ3) is 1.58. The van der Waals surface area contributed by atoms with Crippen LogP contribution in [0.1, 0.15) is 25.3 Å². The van der Waals surface area contributed by atoms with E-state index < -0.39 is 4.92 Å². The normalized spacial score (nSPS) is 10.2. The molecule has 0 aliphatic heterocycles. The molecule has 0 spiro atoms. The zero-order chi connectivity index (χ0) is 9.14. The van der Waals surface area contributed by atoms with Crippen molar-refractivity contribution < 1.29 is 4.92 Å². The summed E-state index contributed by atoms with van der Waals surface area (Å²) >= 11 is 0. The first-order chi connectivity index (χ1) is 5.63. The summed E-state index contributed by atoms with van der Waals surface area (Å²) < 4.78 is 0. The first-order valence-electron chi connectivity index (χ1n) is 3.71. The second-order valence-electron chi connectivity index (χ2n) is 2.85. The van der Waals surface area contributed by atoms with Crippen LogP contribution < -0.4 is 0 Å². The van der Waals surface area contributed by atoms with Crippen LogP contribution in [0.3, 0.4) is 0 Å². The first-order valence-corrected chi connectivity index (χ1v) is 3.71. The summed E-state index contributed by atoms with van der Waals surface area (Å²) in [6.07, 6.45) is 2.86. The van der Waals surface area contributed by atoms with Gasteiger partial charge in [0.1, 0.15) is 6.20 Å². The average molecular weight is 166 g/mol. The van der Waals surface area contributed by atoms with E-state index in [1.165, 1.54) is 6.20 Å². The maximum atomic E-state index is 10.5. The molecule has 0 unspecified atom stereocenters. The van der Waals surface area contributed by atoms with Gasteiger partial charge < -0.3 is 0 Å². The van der Waals surface area contributed by atoms with E-state index >= 15 is 0 Å². The van der Waals surface area contributed by atoms with Crippen molar-refractivity contribution in [2.24, 2.45) is 0 Å². The molecule has 0 saturated carbocycles. The van der Waals surface area contributed by atoms with Gasteiger partial charge in [-0.1, -0.05) is 13.8 Å². The molecule has 64 valence electrons. The summed E-state index contributed by atoms with van der Waals surface area (Å²) in [5.74, 6) is 0.161. The van der Waals surface area contributed by atoms with Crippen LogP contribution in [0, 0.1) is 10.1 Å². The van der Waals surface area contributed by atoms with E-state index in [9.17, 15) is 10.1 Å². The number of nitro groups is 1. The molecule has 0 amide bonds. The molecule has 1 aromatic rings.